The van der Waals surface area contributed by atoms with Gasteiger partial charge in [0.2, 0.25) is 11.8 Å². The number of pyridine rings is 1. The average Bonchev–Trinajstić information content (AvgIpc) is 3.30. The molecule has 0 bridgehead atoms. The number of methoxy groups -OCH3 is 2. The van der Waals surface area contributed by atoms with Gasteiger partial charge in [0, 0.05) is 12.2 Å². The molecule has 188 valence electrons. The van der Waals surface area contributed by atoms with Crippen LogP contribution in [-0.4, -0.2) is 47.0 Å². The molecular formula is C25H32N4O6. The molecule has 10 nitrogen and oxygen atoms in total. The first-order valence-corrected chi connectivity index (χ1v) is 11.7. The number of carbonyl (C=O) groups excluding carboxylic acids is 1. The third-order valence-corrected chi connectivity index (χ3v) is 5.57. The van der Waals surface area contributed by atoms with Gasteiger partial charge in [-0.25, -0.2) is 0 Å². The van der Waals surface area contributed by atoms with Gasteiger partial charge in [-0.1, -0.05) is 32.8 Å². The molecule has 10 heteroatoms. The highest BCUT2D eigenvalue weighted by molar-refractivity contribution is 5.87. The zero-order valence-electron chi connectivity index (χ0n) is 20.6. The van der Waals surface area contributed by atoms with Crippen LogP contribution in [0.25, 0.3) is 22.6 Å². The molecule has 0 aliphatic carbocycles. The minimum Gasteiger partial charge on any atom is -0.506 e. The maximum atomic E-state index is 13.0. The molecule has 1 amide bonds. The number of nitrogens with one attached hydrogen (secondary N) is 2. The van der Waals surface area contributed by atoms with E-state index in [1.165, 1.54) is 14.2 Å². The van der Waals surface area contributed by atoms with Crippen molar-refractivity contribution < 1.29 is 23.8 Å². The van der Waals surface area contributed by atoms with E-state index in [0.29, 0.717) is 41.3 Å². The number of H-pyrrole nitrogens is 1. The number of unbranched alkanes of at least 4 members (excludes halogenated alkanes) is 2. The van der Waals surface area contributed by atoms with Crippen molar-refractivity contribution in [2.75, 3.05) is 20.8 Å². The van der Waals surface area contributed by atoms with E-state index in [2.05, 4.69) is 20.5 Å². The van der Waals surface area contributed by atoms with Gasteiger partial charge in [0.25, 0.3) is 11.4 Å². The fourth-order valence-corrected chi connectivity index (χ4v) is 3.77. The van der Waals surface area contributed by atoms with Crippen LogP contribution in [0.4, 0.5) is 0 Å². The Labute approximate surface area is 203 Å². The van der Waals surface area contributed by atoms with Crippen molar-refractivity contribution in [2.45, 2.75) is 52.4 Å². The van der Waals surface area contributed by atoms with Crippen molar-refractivity contribution in [1.29, 1.82) is 0 Å². The lowest BCUT2D eigenvalue weighted by Crippen LogP contribution is -2.26. The summed E-state index contributed by atoms with van der Waals surface area (Å²) in [6.07, 6.45) is 3.89. The average molecular weight is 485 g/mol. The number of aromatic amines is 1. The second-order valence-corrected chi connectivity index (χ2v) is 8.05. The van der Waals surface area contributed by atoms with Gasteiger partial charge in [-0.3, -0.25) is 9.59 Å². The molecule has 1 aromatic carbocycles. The van der Waals surface area contributed by atoms with Gasteiger partial charge in [0.05, 0.1) is 25.3 Å². The quantitative estimate of drug-likeness (QED) is 0.331. The standard InChI is InChI=1S/C25H32N4O6/c1-5-7-10-15-20(21-16(33-3)11-9-12-17(21)34-4)23(31)22(24(32)27-15)25-29-28-19(35-25)14-18(30)26-13-8-6-2/h9,11-12H,5-8,10,13-14H2,1-4H3,(H,26,30)(H2,27,31,32). The molecule has 3 N–H and O–H groups in total. The van der Waals surface area contributed by atoms with Crippen LogP contribution < -0.4 is 20.3 Å². The number of rotatable bonds is 12. The summed E-state index contributed by atoms with van der Waals surface area (Å²) >= 11 is 0. The number of hydrogen-bond donors (Lipinski definition) is 3. The van der Waals surface area contributed by atoms with E-state index < -0.39 is 5.56 Å². The highest BCUT2D eigenvalue weighted by Crippen LogP contribution is 2.46. The van der Waals surface area contributed by atoms with Gasteiger partial charge >= 0.3 is 0 Å². The molecule has 0 saturated heterocycles. The number of nitrogens with zero attached hydrogens (tertiary/aromatic N) is 2. The molecule has 3 aromatic rings. The molecule has 0 atom stereocenters. The molecule has 0 saturated carbocycles. The Morgan fingerprint density at radius 3 is 2.37 bits per heavy atom. The number of carbonyl (C=O) groups is 1. The van der Waals surface area contributed by atoms with Gasteiger partial charge in [-0.15, -0.1) is 10.2 Å². The number of hydrogen-bond acceptors (Lipinski definition) is 8. The molecule has 35 heavy (non-hydrogen) atoms. The van der Waals surface area contributed by atoms with E-state index in [0.717, 1.165) is 25.7 Å². The zero-order valence-corrected chi connectivity index (χ0v) is 20.6. The molecule has 0 unspecified atom stereocenters. The van der Waals surface area contributed by atoms with E-state index in [-0.39, 0.29) is 35.4 Å². The van der Waals surface area contributed by atoms with Gasteiger partial charge in [0.15, 0.2) is 0 Å². The van der Waals surface area contributed by atoms with Crippen LogP contribution in [0.2, 0.25) is 0 Å². The van der Waals surface area contributed by atoms with Gasteiger partial charge in [0.1, 0.15) is 29.2 Å². The second kappa shape index (κ2) is 12.0. The van der Waals surface area contributed by atoms with E-state index >= 15 is 0 Å². The first-order valence-electron chi connectivity index (χ1n) is 11.7. The van der Waals surface area contributed by atoms with Gasteiger partial charge in [-0.05, 0) is 31.4 Å². The monoisotopic (exact) mass is 484 g/mol. The van der Waals surface area contributed by atoms with Crippen LogP contribution in [0.15, 0.2) is 27.4 Å². The number of aromatic nitrogens is 3. The summed E-state index contributed by atoms with van der Waals surface area (Å²) in [4.78, 5) is 28.0. The van der Waals surface area contributed by atoms with Crippen LogP contribution >= 0.6 is 0 Å². The smallest absolute Gasteiger partial charge is 0.264 e. The lowest BCUT2D eigenvalue weighted by molar-refractivity contribution is -0.120. The summed E-state index contributed by atoms with van der Waals surface area (Å²) < 4.78 is 16.7. The Balaban J connectivity index is 2.10. The van der Waals surface area contributed by atoms with Crippen LogP contribution in [-0.2, 0) is 17.6 Å². The Kier molecular flexibility index (Phi) is 8.88. The number of aromatic hydroxyl groups is 1. The van der Waals surface area contributed by atoms with Crippen molar-refractivity contribution in [3.05, 3.63) is 40.1 Å². The summed E-state index contributed by atoms with van der Waals surface area (Å²) in [6.45, 7) is 4.62. The Morgan fingerprint density at radius 2 is 1.74 bits per heavy atom. The van der Waals surface area contributed by atoms with Gasteiger partial charge in [-0.2, -0.15) is 0 Å². The van der Waals surface area contributed by atoms with E-state index in [1.807, 2.05) is 13.8 Å². The topological polar surface area (TPSA) is 140 Å². The van der Waals surface area contributed by atoms with Crippen LogP contribution in [0.5, 0.6) is 17.2 Å². The summed E-state index contributed by atoms with van der Waals surface area (Å²) in [5.74, 6) is 0.193. The Morgan fingerprint density at radius 1 is 1.06 bits per heavy atom. The lowest BCUT2D eigenvalue weighted by Gasteiger charge is -2.18. The number of amides is 1. The minimum absolute atomic E-state index is 0.0410. The van der Waals surface area contributed by atoms with Crippen molar-refractivity contribution in [1.82, 2.24) is 20.5 Å². The normalized spacial score (nSPS) is 10.9. The highest BCUT2D eigenvalue weighted by atomic mass is 16.5. The third-order valence-electron chi connectivity index (χ3n) is 5.57. The van der Waals surface area contributed by atoms with Gasteiger partial charge < -0.3 is 29.3 Å². The molecular weight excluding hydrogens is 452 g/mol. The Hall–Kier alpha value is -3.82. The van der Waals surface area contributed by atoms with Crippen molar-refractivity contribution in [3.8, 4) is 39.8 Å². The maximum Gasteiger partial charge on any atom is 0.264 e. The van der Waals surface area contributed by atoms with E-state index in [1.54, 1.807) is 18.2 Å². The summed E-state index contributed by atoms with van der Waals surface area (Å²) in [5.41, 5.74) is 0.635. The van der Waals surface area contributed by atoms with Crippen LogP contribution in [0, 0.1) is 0 Å². The van der Waals surface area contributed by atoms with Crippen molar-refractivity contribution in [3.63, 3.8) is 0 Å². The van der Waals surface area contributed by atoms with Crippen molar-refractivity contribution in [2.24, 2.45) is 0 Å². The van der Waals surface area contributed by atoms with Crippen molar-refractivity contribution >= 4 is 5.91 Å². The lowest BCUT2D eigenvalue weighted by atomic mass is 9.96. The second-order valence-electron chi connectivity index (χ2n) is 8.05. The fourth-order valence-electron chi connectivity index (χ4n) is 3.77. The number of benzene rings is 1. The minimum atomic E-state index is -0.575. The summed E-state index contributed by atoms with van der Waals surface area (Å²) in [6, 6.07) is 5.26. The molecule has 0 fully saturated rings. The highest BCUT2D eigenvalue weighted by Gasteiger charge is 2.27. The van der Waals surface area contributed by atoms with Crippen LogP contribution in [0.3, 0.4) is 0 Å². The molecule has 0 radical (unpaired) electrons. The molecule has 0 aliphatic rings. The third kappa shape index (κ3) is 5.82. The molecule has 0 spiro atoms. The summed E-state index contributed by atoms with van der Waals surface area (Å²) in [7, 11) is 3.03. The molecule has 2 aromatic heterocycles. The molecule has 3 rings (SSSR count). The molecule has 2 heterocycles. The van der Waals surface area contributed by atoms with E-state index in [4.69, 9.17) is 13.9 Å². The fraction of sp³-hybridized carbons (Fsp3) is 0.440. The SMILES string of the molecule is CCCCNC(=O)Cc1nnc(-c2c(O)c(-c3c(OC)cccc3OC)c(CCCC)[nH]c2=O)o1. The molecule has 0 aliphatic heterocycles. The zero-order chi connectivity index (χ0) is 25.4. The first-order chi connectivity index (χ1) is 16.9. The first kappa shape index (κ1) is 25.8. The maximum absolute atomic E-state index is 13.0. The predicted molar refractivity (Wildman–Crippen MR) is 131 cm³/mol. The number of ether oxygens (including phenoxy) is 2. The number of aryl methyl sites for hydroxylation is 1. The van der Waals surface area contributed by atoms with E-state index in [9.17, 15) is 14.7 Å². The Bertz CT molecular complexity index is 1190. The predicted octanol–water partition coefficient (Wildman–Crippen LogP) is 3.62. The summed E-state index contributed by atoms with van der Waals surface area (Å²) in [5, 5.41) is 22.0. The van der Waals surface area contributed by atoms with Crippen LogP contribution in [0.1, 0.15) is 51.1 Å². The largest absolute Gasteiger partial charge is 0.506 e.